The van der Waals surface area contributed by atoms with Gasteiger partial charge in [-0.25, -0.2) is 21.8 Å². The lowest BCUT2D eigenvalue weighted by molar-refractivity contribution is -0.00835. The standard InChI is InChI=1S/C32H44ClN5O8S2/c1-22-17-38(23(2)20-39)32(40)28-16-26(35-47(41,42)27-12-9-25(33)10-13-27)11-14-29(28)46-24(3)8-6-7-15-45-30(22)18-37(5)48(43,44)31-19-36(4)21-34-31/h9-14,16,19,21-24,30,35,39H,6-8,15,17-18,20H2,1-5H3/t22-,23+,24+,30-/m1/s1. The molecule has 264 valence electrons. The van der Waals surface area contributed by atoms with Crippen molar-refractivity contribution in [2.24, 2.45) is 13.0 Å². The van der Waals surface area contributed by atoms with Crippen molar-refractivity contribution >= 4 is 43.2 Å². The molecule has 1 aliphatic rings. The van der Waals surface area contributed by atoms with Gasteiger partial charge in [0, 0.05) is 56.6 Å². The lowest BCUT2D eigenvalue weighted by atomic mass is 10.0. The van der Waals surface area contributed by atoms with E-state index in [-0.39, 0.29) is 58.6 Å². The second-order valence-electron chi connectivity index (χ2n) is 12.2. The van der Waals surface area contributed by atoms with Crippen LogP contribution in [0.3, 0.4) is 0 Å². The molecule has 0 spiro atoms. The number of aromatic nitrogens is 2. The molecule has 0 bridgehead atoms. The van der Waals surface area contributed by atoms with Crippen molar-refractivity contribution in [3.05, 3.63) is 65.6 Å². The van der Waals surface area contributed by atoms with Crippen LogP contribution in [0.4, 0.5) is 5.69 Å². The zero-order chi connectivity index (χ0) is 35.2. The van der Waals surface area contributed by atoms with E-state index in [1.165, 1.54) is 65.2 Å². The summed E-state index contributed by atoms with van der Waals surface area (Å²) in [5.74, 6) is -0.610. The third-order valence-electron chi connectivity index (χ3n) is 8.22. The highest BCUT2D eigenvalue weighted by molar-refractivity contribution is 7.92. The van der Waals surface area contributed by atoms with E-state index in [2.05, 4.69) is 9.71 Å². The van der Waals surface area contributed by atoms with Crippen molar-refractivity contribution in [1.29, 1.82) is 0 Å². The average Bonchev–Trinajstić information content (AvgIpc) is 3.49. The highest BCUT2D eigenvalue weighted by Gasteiger charge is 2.33. The van der Waals surface area contributed by atoms with Crippen LogP contribution < -0.4 is 9.46 Å². The number of aliphatic hydroxyl groups is 1. The van der Waals surface area contributed by atoms with E-state index < -0.39 is 38.1 Å². The smallest absolute Gasteiger partial charge is 0.261 e. The first-order chi connectivity index (χ1) is 22.6. The summed E-state index contributed by atoms with van der Waals surface area (Å²) in [7, 11) is -4.78. The predicted octanol–water partition coefficient (Wildman–Crippen LogP) is 3.99. The first-order valence-electron chi connectivity index (χ1n) is 15.7. The average molecular weight is 726 g/mol. The molecule has 16 heteroatoms. The maximum atomic E-state index is 14.3. The van der Waals surface area contributed by atoms with Gasteiger partial charge in [0.15, 0.2) is 5.03 Å². The van der Waals surface area contributed by atoms with Crippen LogP contribution in [0.25, 0.3) is 0 Å². The van der Waals surface area contributed by atoms with Gasteiger partial charge >= 0.3 is 0 Å². The summed E-state index contributed by atoms with van der Waals surface area (Å²) in [6.07, 6.45) is 4.04. The van der Waals surface area contributed by atoms with Gasteiger partial charge in [0.25, 0.3) is 26.0 Å². The number of hydrogen-bond acceptors (Lipinski definition) is 9. The summed E-state index contributed by atoms with van der Waals surface area (Å²) in [6, 6.07) is 9.55. The molecule has 0 unspecified atom stereocenters. The number of aryl methyl sites for hydroxylation is 1. The molecule has 2 heterocycles. The zero-order valence-corrected chi connectivity index (χ0v) is 30.1. The molecule has 48 heavy (non-hydrogen) atoms. The molecule has 1 amide bonds. The molecule has 2 N–H and O–H groups in total. The third kappa shape index (κ3) is 9.27. The largest absolute Gasteiger partial charge is 0.490 e. The molecule has 2 aromatic carbocycles. The lowest BCUT2D eigenvalue weighted by Gasteiger charge is -2.35. The SMILES string of the molecule is C[C@@H]1CN([C@@H](C)CO)C(=O)c2cc(NS(=O)(=O)c3ccc(Cl)cc3)ccc2O[C@@H](C)CCCCO[C@@H]1CN(C)S(=O)(=O)c1cn(C)cn1. The molecule has 0 aliphatic carbocycles. The number of likely N-dealkylation sites (N-methyl/N-ethyl adjacent to an activating group) is 1. The minimum absolute atomic E-state index is 0.00232. The van der Waals surface area contributed by atoms with Gasteiger partial charge in [-0.2, -0.15) is 4.31 Å². The van der Waals surface area contributed by atoms with E-state index in [0.717, 1.165) is 6.42 Å². The van der Waals surface area contributed by atoms with E-state index in [1.54, 1.807) is 24.6 Å². The van der Waals surface area contributed by atoms with Gasteiger partial charge in [-0.3, -0.25) is 9.52 Å². The number of hydrogen-bond donors (Lipinski definition) is 2. The Kier molecular flexibility index (Phi) is 12.5. The quantitative estimate of drug-likeness (QED) is 0.333. The van der Waals surface area contributed by atoms with Gasteiger partial charge in [0.1, 0.15) is 5.75 Å². The number of anilines is 1. The van der Waals surface area contributed by atoms with Gasteiger partial charge in [-0.05, 0) is 75.6 Å². The molecular formula is C32H44ClN5O8S2. The summed E-state index contributed by atoms with van der Waals surface area (Å²) < 4.78 is 70.7. The maximum absolute atomic E-state index is 14.3. The van der Waals surface area contributed by atoms with Crippen LogP contribution in [-0.4, -0.2) is 98.2 Å². The highest BCUT2D eigenvalue weighted by Crippen LogP contribution is 2.30. The minimum atomic E-state index is -4.02. The summed E-state index contributed by atoms with van der Waals surface area (Å²) in [6.45, 7) is 5.55. The molecule has 1 aliphatic heterocycles. The van der Waals surface area contributed by atoms with Crippen LogP contribution in [0, 0.1) is 5.92 Å². The van der Waals surface area contributed by atoms with Crippen LogP contribution in [0.1, 0.15) is 50.4 Å². The van der Waals surface area contributed by atoms with E-state index in [9.17, 15) is 26.7 Å². The summed E-state index contributed by atoms with van der Waals surface area (Å²) in [5.41, 5.74) is 0.247. The van der Waals surface area contributed by atoms with E-state index in [0.29, 0.717) is 24.5 Å². The molecule has 1 aromatic heterocycles. The number of imidazole rings is 1. The fourth-order valence-electron chi connectivity index (χ4n) is 5.31. The normalized spacial score (nSPS) is 20.9. The molecule has 4 rings (SSSR count). The number of nitrogens with zero attached hydrogens (tertiary/aromatic N) is 4. The monoisotopic (exact) mass is 725 g/mol. The van der Waals surface area contributed by atoms with Gasteiger partial charge in [0.2, 0.25) is 0 Å². The number of nitrogens with one attached hydrogen (secondary N) is 1. The first-order valence-corrected chi connectivity index (χ1v) is 19.0. The number of amides is 1. The van der Waals surface area contributed by atoms with Crippen molar-refractivity contribution in [3.63, 3.8) is 0 Å². The fourth-order valence-corrected chi connectivity index (χ4v) is 7.63. The Bertz CT molecular complexity index is 1770. The van der Waals surface area contributed by atoms with Crippen molar-refractivity contribution in [2.75, 3.05) is 38.1 Å². The van der Waals surface area contributed by atoms with Crippen LogP contribution >= 0.6 is 11.6 Å². The minimum Gasteiger partial charge on any atom is -0.490 e. The Labute approximate surface area is 287 Å². The Morgan fingerprint density at radius 2 is 1.83 bits per heavy atom. The molecule has 13 nitrogen and oxygen atoms in total. The highest BCUT2D eigenvalue weighted by atomic mass is 35.5. The lowest BCUT2D eigenvalue weighted by Crippen LogP contribution is -2.48. The number of fused-ring (bicyclic) bond motifs is 1. The second kappa shape index (κ2) is 16.0. The topological polar surface area (TPSA) is 160 Å². The van der Waals surface area contributed by atoms with Gasteiger partial charge < -0.3 is 24.0 Å². The Balaban J connectivity index is 1.68. The number of sulfonamides is 2. The third-order valence-corrected chi connectivity index (χ3v) is 11.6. The van der Waals surface area contributed by atoms with Crippen molar-refractivity contribution in [2.45, 2.75) is 68.2 Å². The number of ether oxygens (including phenoxy) is 2. The number of carbonyl (C=O) groups excluding carboxylic acids is 1. The van der Waals surface area contributed by atoms with E-state index in [1.807, 2.05) is 13.8 Å². The molecule has 0 radical (unpaired) electrons. The van der Waals surface area contributed by atoms with Crippen LogP contribution in [0.2, 0.25) is 5.02 Å². The van der Waals surface area contributed by atoms with Crippen molar-refractivity contribution in [3.8, 4) is 5.75 Å². The van der Waals surface area contributed by atoms with Crippen molar-refractivity contribution in [1.82, 2.24) is 18.8 Å². The van der Waals surface area contributed by atoms with Crippen LogP contribution in [0.5, 0.6) is 5.75 Å². The first kappa shape index (κ1) is 37.6. The number of aliphatic hydroxyl groups excluding tert-OH is 1. The van der Waals surface area contributed by atoms with Crippen LogP contribution in [-0.2, 0) is 31.8 Å². The fraction of sp³-hybridized carbons (Fsp3) is 0.500. The molecule has 0 saturated carbocycles. The zero-order valence-electron chi connectivity index (χ0n) is 27.7. The summed E-state index contributed by atoms with van der Waals surface area (Å²) in [5, 5.41) is 10.5. The Morgan fingerprint density at radius 3 is 2.48 bits per heavy atom. The van der Waals surface area contributed by atoms with Gasteiger partial charge in [-0.15, -0.1) is 0 Å². The summed E-state index contributed by atoms with van der Waals surface area (Å²) >= 11 is 5.94. The Morgan fingerprint density at radius 1 is 1.12 bits per heavy atom. The number of benzene rings is 2. The van der Waals surface area contributed by atoms with Crippen LogP contribution in [0.15, 0.2) is 64.9 Å². The van der Waals surface area contributed by atoms with E-state index in [4.69, 9.17) is 21.1 Å². The summed E-state index contributed by atoms with van der Waals surface area (Å²) in [4.78, 5) is 19.8. The molecule has 3 aromatic rings. The predicted molar refractivity (Wildman–Crippen MR) is 182 cm³/mol. The number of carbonyl (C=O) groups is 1. The van der Waals surface area contributed by atoms with Gasteiger partial charge in [0.05, 0.1) is 41.6 Å². The number of rotatable bonds is 9. The molecule has 0 fully saturated rings. The van der Waals surface area contributed by atoms with Crippen molar-refractivity contribution < 1.29 is 36.2 Å². The molecule has 4 atom stereocenters. The molecule has 0 saturated heterocycles. The molecular weight excluding hydrogens is 682 g/mol. The van der Waals surface area contributed by atoms with E-state index >= 15 is 0 Å². The maximum Gasteiger partial charge on any atom is 0.261 e. The second-order valence-corrected chi connectivity index (χ2v) is 16.3. The number of halogens is 1. The Hall–Kier alpha value is -3.21. The van der Waals surface area contributed by atoms with Gasteiger partial charge in [-0.1, -0.05) is 18.5 Å².